The molecule has 0 amide bonds. The van der Waals surface area contributed by atoms with E-state index in [2.05, 4.69) is 26.6 Å². The third-order valence-corrected chi connectivity index (χ3v) is 7.09. The molecule has 0 unspecified atom stereocenters. The molecule has 4 heterocycles. The molecule has 3 aromatic rings. The molecule has 1 aromatic carbocycles. The normalized spacial score (nSPS) is 20.5. The summed E-state index contributed by atoms with van der Waals surface area (Å²) in [6.07, 6.45) is 3.90. The van der Waals surface area contributed by atoms with Crippen LogP contribution in [-0.2, 0) is 4.74 Å². The van der Waals surface area contributed by atoms with Gasteiger partial charge in [-0.1, -0.05) is 11.6 Å². The van der Waals surface area contributed by atoms with Gasteiger partial charge < -0.3 is 19.4 Å². The van der Waals surface area contributed by atoms with Crippen molar-refractivity contribution in [2.24, 2.45) is 0 Å². The number of nitrogens with zero attached hydrogens (tertiary/aromatic N) is 6. The molecule has 0 spiro atoms. The summed E-state index contributed by atoms with van der Waals surface area (Å²) < 4.78 is 19.1. The Bertz CT molecular complexity index is 1160. The highest BCUT2D eigenvalue weighted by Crippen LogP contribution is 2.32. The van der Waals surface area contributed by atoms with Crippen LogP contribution in [-0.4, -0.2) is 66.9 Å². The number of rotatable bonds is 6. The Morgan fingerprint density at radius 2 is 1.91 bits per heavy atom. The Kier molecular flexibility index (Phi) is 7.02. The van der Waals surface area contributed by atoms with E-state index in [1.165, 1.54) is 12.1 Å². The first-order valence-electron chi connectivity index (χ1n) is 12.1. The number of hydrogen-bond donors (Lipinski definition) is 0. The second-order valence-electron chi connectivity index (χ2n) is 9.16. The number of aromatic nitrogens is 3. The van der Waals surface area contributed by atoms with Crippen LogP contribution in [0.15, 0.2) is 48.7 Å². The number of halogens is 2. The molecule has 0 bridgehead atoms. The van der Waals surface area contributed by atoms with Crippen LogP contribution >= 0.6 is 11.6 Å². The monoisotopic (exact) mass is 496 g/mol. The van der Waals surface area contributed by atoms with Gasteiger partial charge in [-0.3, -0.25) is 0 Å². The molecule has 0 saturated carbocycles. The smallest absolute Gasteiger partial charge is 0.228 e. The first-order chi connectivity index (χ1) is 17.0. The lowest BCUT2D eigenvalue weighted by Crippen LogP contribution is -2.52. The predicted octanol–water partition coefficient (Wildman–Crippen LogP) is 4.66. The minimum atomic E-state index is -0.263. The quantitative estimate of drug-likeness (QED) is 0.492. The Balaban J connectivity index is 1.47. The van der Waals surface area contributed by atoms with Crippen molar-refractivity contribution in [2.45, 2.75) is 31.8 Å². The summed E-state index contributed by atoms with van der Waals surface area (Å²) in [6.45, 7) is 6.04. The van der Waals surface area contributed by atoms with Gasteiger partial charge in [0.05, 0.1) is 23.4 Å². The number of ether oxygens (including phenoxy) is 1. The van der Waals surface area contributed by atoms with E-state index in [1.54, 1.807) is 25.4 Å². The summed E-state index contributed by atoms with van der Waals surface area (Å²) >= 11 is 6.41. The molecule has 184 valence electrons. The van der Waals surface area contributed by atoms with Crippen molar-refractivity contribution in [1.82, 2.24) is 15.0 Å². The molecule has 0 N–H and O–H groups in total. The van der Waals surface area contributed by atoms with Gasteiger partial charge in [0, 0.05) is 57.2 Å². The standard InChI is InChI=1S/C26H30ClFN6O/c1-18-16-32(25-22(27)6-3-11-29-25)13-14-33(18)24-15-23(19-7-9-20(28)10-8-19)30-26(31-24)34-12-4-5-21(34)17-35-2/h3,6-11,15,18,21H,4-5,12-14,16-17H2,1-2H3/t18-,21+/m1/s1. The van der Waals surface area contributed by atoms with E-state index in [4.69, 9.17) is 26.3 Å². The number of anilines is 3. The first-order valence-corrected chi connectivity index (χ1v) is 12.4. The molecule has 2 aliphatic rings. The van der Waals surface area contributed by atoms with Crippen molar-refractivity contribution in [1.29, 1.82) is 0 Å². The van der Waals surface area contributed by atoms with Crippen molar-refractivity contribution in [2.75, 3.05) is 54.6 Å². The molecular weight excluding hydrogens is 467 g/mol. The average Bonchev–Trinajstić information content (AvgIpc) is 3.33. The molecule has 2 saturated heterocycles. The molecule has 0 aliphatic carbocycles. The first kappa shape index (κ1) is 23.8. The SMILES string of the molecule is COC[C@@H]1CCCN1c1nc(-c2ccc(F)cc2)cc(N2CCN(c3ncccc3Cl)C[C@H]2C)n1. The second-order valence-corrected chi connectivity index (χ2v) is 9.57. The van der Waals surface area contributed by atoms with E-state index in [-0.39, 0.29) is 17.9 Å². The lowest BCUT2D eigenvalue weighted by atomic mass is 10.1. The molecule has 7 nitrogen and oxygen atoms in total. The Hall–Kier alpha value is -2.97. The molecule has 2 atom stereocenters. The van der Waals surface area contributed by atoms with Crippen LogP contribution in [0.5, 0.6) is 0 Å². The number of hydrogen-bond acceptors (Lipinski definition) is 7. The van der Waals surface area contributed by atoms with Crippen LogP contribution in [0, 0.1) is 5.82 Å². The molecule has 2 fully saturated rings. The minimum absolute atomic E-state index is 0.180. The van der Waals surface area contributed by atoms with Gasteiger partial charge in [0.15, 0.2) is 0 Å². The topological polar surface area (TPSA) is 57.6 Å². The van der Waals surface area contributed by atoms with E-state index >= 15 is 0 Å². The zero-order valence-corrected chi connectivity index (χ0v) is 20.8. The van der Waals surface area contributed by atoms with E-state index in [0.29, 0.717) is 17.6 Å². The third-order valence-electron chi connectivity index (χ3n) is 6.79. The van der Waals surface area contributed by atoms with Crippen LogP contribution < -0.4 is 14.7 Å². The number of benzene rings is 1. The van der Waals surface area contributed by atoms with Gasteiger partial charge in [-0.25, -0.2) is 14.4 Å². The average molecular weight is 497 g/mol. The molecule has 5 rings (SSSR count). The lowest BCUT2D eigenvalue weighted by Gasteiger charge is -2.41. The Morgan fingerprint density at radius 1 is 1.09 bits per heavy atom. The second kappa shape index (κ2) is 10.3. The van der Waals surface area contributed by atoms with Gasteiger partial charge in [0.25, 0.3) is 0 Å². The predicted molar refractivity (Wildman–Crippen MR) is 138 cm³/mol. The van der Waals surface area contributed by atoms with E-state index in [1.807, 2.05) is 18.2 Å². The maximum absolute atomic E-state index is 13.6. The summed E-state index contributed by atoms with van der Waals surface area (Å²) in [5.74, 6) is 2.12. The highest BCUT2D eigenvalue weighted by Gasteiger charge is 2.30. The van der Waals surface area contributed by atoms with Crippen LogP contribution in [0.4, 0.5) is 22.0 Å². The highest BCUT2D eigenvalue weighted by atomic mass is 35.5. The fourth-order valence-corrected chi connectivity index (χ4v) is 5.27. The van der Waals surface area contributed by atoms with E-state index < -0.39 is 0 Å². The summed E-state index contributed by atoms with van der Waals surface area (Å²) in [5.41, 5.74) is 1.65. The Morgan fingerprint density at radius 3 is 2.66 bits per heavy atom. The summed E-state index contributed by atoms with van der Waals surface area (Å²) in [7, 11) is 1.73. The van der Waals surface area contributed by atoms with Crippen LogP contribution in [0.3, 0.4) is 0 Å². The lowest BCUT2D eigenvalue weighted by molar-refractivity contribution is 0.180. The van der Waals surface area contributed by atoms with Crippen molar-refractivity contribution >= 4 is 29.2 Å². The summed E-state index contributed by atoms with van der Waals surface area (Å²) in [4.78, 5) is 21.2. The van der Waals surface area contributed by atoms with Crippen LogP contribution in [0.2, 0.25) is 5.02 Å². The van der Waals surface area contributed by atoms with Crippen LogP contribution in [0.1, 0.15) is 19.8 Å². The maximum Gasteiger partial charge on any atom is 0.228 e. The summed E-state index contributed by atoms with van der Waals surface area (Å²) in [6, 6.07) is 12.6. The molecular formula is C26H30ClFN6O. The minimum Gasteiger partial charge on any atom is -0.383 e. The Labute approximate surface area is 210 Å². The highest BCUT2D eigenvalue weighted by molar-refractivity contribution is 6.32. The largest absolute Gasteiger partial charge is 0.383 e. The number of methoxy groups -OCH3 is 1. The maximum atomic E-state index is 13.6. The molecule has 2 aromatic heterocycles. The van der Waals surface area contributed by atoms with Crippen molar-refractivity contribution in [3.05, 3.63) is 59.5 Å². The fourth-order valence-electron chi connectivity index (χ4n) is 5.03. The van der Waals surface area contributed by atoms with Gasteiger partial charge in [0.2, 0.25) is 5.95 Å². The van der Waals surface area contributed by atoms with Crippen LogP contribution in [0.25, 0.3) is 11.3 Å². The third kappa shape index (κ3) is 5.04. The van der Waals surface area contributed by atoms with E-state index in [0.717, 1.165) is 61.9 Å². The van der Waals surface area contributed by atoms with Gasteiger partial charge in [-0.05, 0) is 56.2 Å². The van der Waals surface area contributed by atoms with Gasteiger partial charge in [-0.15, -0.1) is 0 Å². The van der Waals surface area contributed by atoms with E-state index in [9.17, 15) is 4.39 Å². The van der Waals surface area contributed by atoms with Crippen molar-refractivity contribution in [3.8, 4) is 11.3 Å². The zero-order valence-electron chi connectivity index (χ0n) is 20.1. The number of piperazine rings is 1. The fraction of sp³-hybridized carbons (Fsp3) is 0.423. The van der Waals surface area contributed by atoms with Gasteiger partial charge in [-0.2, -0.15) is 4.98 Å². The molecule has 0 radical (unpaired) electrons. The molecule has 9 heteroatoms. The number of pyridine rings is 1. The van der Waals surface area contributed by atoms with Gasteiger partial charge >= 0.3 is 0 Å². The molecule has 35 heavy (non-hydrogen) atoms. The zero-order chi connectivity index (χ0) is 24.4. The van der Waals surface area contributed by atoms with Crippen molar-refractivity contribution in [3.63, 3.8) is 0 Å². The summed E-state index contributed by atoms with van der Waals surface area (Å²) in [5, 5.41) is 0.661. The van der Waals surface area contributed by atoms with Gasteiger partial charge in [0.1, 0.15) is 17.5 Å². The van der Waals surface area contributed by atoms with Crippen molar-refractivity contribution < 1.29 is 9.13 Å². The molecule has 2 aliphatic heterocycles.